The summed E-state index contributed by atoms with van der Waals surface area (Å²) in [6.45, 7) is 6.55. The van der Waals surface area contributed by atoms with Gasteiger partial charge < -0.3 is 14.2 Å². The van der Waals surface area contributed by atoms with Gasteiger partial charge in [0, 0.05) is 19.3 Å². The quantitative estimate of drug-likeness (QED) is 0.0261. The predicted octanol–water partition coefficient (Wildman–Crippen LogP) is 24.2. The van der Waals surface area contributed by atoms with Gasteiger partial charge in [0.2, 0.25) is 0 Å². The number of carbonyl (C=O) groups is 3. The van der Waals surface area contributed by atoms with Crippen LogP contribution in [0.3, 0.4) is 0 Å². The highest BCUT2D eigenvalue weighted by Crippen LogP contribution is 2.18. The lowest BCUT2D eigenvalue weighted by molar-refractivity contribution is -0.167. The van der Waals surface area contributed by atoms with Gasteiger partial charge in [-0.15, -0.1) is 0 Å². The SMILES string of the molecule is CC/C=C\C/C=C\C/C=C\C/C=C\C/C=C\CCCCCCCCCCCCCCCCCC(=O)OCC(COC(=O)CCCCCCCCCCCCCCCCC)OC(=O)CCCCCCCCC/C=C\C/C=C\CCCCC. The van der Waals surface area contributed by atoms with Gasteiger partial charge >= 0.3 is 17.9 Å². The van der Waals surface area contributed by atoms with Crippen LogP contribution in [0.5, 0.6) is 0 Å². The van der Waals surface area contributed by atoms with Crippen molar-refractivity contribution in [3.63, 3.8) is 0 Å². The fourth-order valence-corrected chi connectivity index (χ4v) is 10.2. The van der Waals surface area contributed by atoms with Crippen molar-refractivity contribution in [3.05, 3.63) is 85.1 Å². The van der Waals surface area contributed by atoms with E-state index < -0.39 is 6.10 Å². The third-order valence-electron chi connectivity index (χ3n) is 15.4. The maximum absolute atomic E-state index is 12.9. The lowest BCUT2D eigenvalue weighted by atomic mass is 10.0. The highest BCUT2D eigenvalue weighted by atomic mass is 16.6. The molecule has 0 saturated heterocycles. The summed E-state index contributed by atoms with van der Waals surface area (Å²) in [6.07, 6.45) is 91.8. The molecule has 0 N–H and O–H groups in total. The number of allylic oxidation sites excluding steroid dienone is 14. The van der Waals surface area contributed by atoms with Crippen LogP contribution >= 0.6 is 0 Å². The highest BCUT2D eigenvalue weighted by molar-refractivity contribution is 5.71. The highest BCUT2D eigenvalue weighted by Gasteiger charge is 2.19. The van der Waals surface area contributed by atoms with Gasteiger partial charge in [0.1, 0.15) is 13.2 Å². The molecule has 0 aliphatic rings. The second kappa shape index (κ2) is 69.1. The second-order valence-corrected chi connectivity index (χ2v) is 23.4. The van der Waals surface area contributed by atoms with E-state index in [4.69, 9.17) is 14.2 Å². The van der Waals surface area contributed by atoms with E-state index in [0.717, 1.165) is 103 Å². The average molecular weight is 1130 g/mol. The zero-order valence-corrected chi connectivity index (χ0v) is 53.8. The zero-order chi connectivity index (χ0) is 58.5. The van der Waals surface area contributed by atoms with Gasteiger partial charge in [-0.2, -0.15) is 0 Å². The Morgan fingerprint density at radius 2 is 0.481 bits per heavy atom. The van der Waals surface area contributed by atoms with E-state index in [-0.39, 0.29) is 31.1 Å². The molecule has 6 nitrogen and oxygen atoms in total. The Balaban J connectivity index is 4.23. The largest absolute Gasteiger partial charge is 0.462 e. The number of carbonyl (C=O) groups excluding carboxylic acids is 3. The van der Waals surface area contributed by atoms with Gasteiger partial charge in [-0.25, -0.2) is 0 Å². The summed E-state index contributed by atoms with van der Waals surface area (Å²) in [4.78, 5) is 38.4. The Hall–Kier alpha value is -3.41. The molecule has 0 aromatic heterocycles. The lowest BCUT2D eigenvalue weighted by Gasteiger charge is -2.18. The van der Waals surface area contributed by atoms with Crippen LogP contribution < -0.4 is 0 Å². The third kappa shape index (κ3) is 67.3. The van der Waals surface area contributed by atoms with Crippen LogP contribution in [0.1, 0.15) is 355 Å². The fourth-order valence-electron chi connectivity index (χ4n) is 10.2. The lowest BCUT2D eigenvalue weighted by Crippen LogP contribution is -2.30. The summed E-state index contributed by atoms with van der Waals surface area (Å²) in [6, 6.07) is 0. The van der Waals surface area contributed by atoms with Crippen LogP contribution in [0.25, 0.3) is 0 Å². The topological polar surface area (TPSA) is 78.9 Å². The first-order valence-corrected chi connectivity index (χ1v) is 35.1. The molecule has 0 spiro atoms. The van der Waals surface area contributed by atoms with Gasteiger partial charge in [0.05, 0.1) is 0 Å². The molecule has 0 aromatic rings. The van der Waals surface area contributed by atoms with Crippen LogP contribution in [-0.2, 0) is 28.6 Å². The molecule has 0 aliphatic heterocycles. The predicted molar refractivity (Wildman–Crippen MR) is 353 cm³/mol. The van der Waals surface area contributed by atoms with Crippen molar-refractivity contribution in [1.82, 2.24) is 0 Å². The van der Waals surface area contributed by atoms with Crippen molar-refractivity contribution in [2.45, 2.75) is 361 Å². The third-order valence-corrected chi connectivity index (χ3v) is 15.4. The molecule has 1 unspecified atom stereocenters. The van der Waals surface area contributed by atoms with Crippen LogP contribution in [0.15, 0.2) is 85.1 Å². The standard InChI is InChI=1S/C75H132O6/c1-4-7-10-13-16-19-22-25-28-30-31-32-33-34-35-36-37-38-39-40-41-42-43-45-47-50-53-56-59-62-65-68-74(77)80-71-72(70-79-73(76)67-64-61-58-55-52-49-46-27-24-21-18-15-12-9-6-3)81-75(78)69-66-63-60-57-54-51-48-44-29-26-23-20-17-14-11-8-5-2/h7,10,16-17,19-20,25-26,28-29,31-32,34-35,72H,4-6,8-9,11-15,18,21-24,27,30,33,36-71H2,1-3H3/b10-7-,19-16-,20-17-,28-25-,29-26-,32-31-,35-34-. The molecule has 0 saturated carbocycles. The molecule has 0 rings (SSSR count). The molecule has 81 heavy (non-hydrogen) atoms. The molecule has 1 atom stereocenters. The minimum absolute atomic E-state index is 0.0744. The molecule has 0 radical (unpaired) electrons. The molecule has 0 aliphatic carbocycles. The Morgan fingerprint density at radius 1 is 0.259 bits per heavy atom. The van der Waals surface area contributed by atoms with Gasteiger partial charge in [-0.05, 0) is 96.3 Å². The molecule has 0 amide bonds. The van der Waals surface area contributed by atoms with Crippen LogP contribution in [0.4, 0.5) is 0 Å². The second-order valence-electron chi connectivity index (χ2n) is 23.4. The summed E-state index contributed by atoms with van der Waals surface area (Å²) in [5.74, 6) is -0.862. The van der Waals surface area contributed by atoms with E-state index in [1.165, 1.54) is 212 Å². The summed E-state index contributed by atoms with van der Waals surface area (Å²) in [5, 5.41) is 0. The van der Waals surface area contributed by atoms with Crippen molar-refractivity contribution < 1.29 is 28.6 Å². The Kier molecular flexibility index (Phi) is 66.2. The molecule has 0 bridgehead atoms. The normalized spacial score (nSPS) is 12.6. The minimum atomic E-state index is -0.779. The number of ether oxygens (including phenoxy) is 3. The van der Waals surface area contributed by atoms with Crippen molar-refractivity contribution in [2.24, 2.45) is 0 Å². The first-order chi connectivity index (χ1) is 40.0. The monoisotopic (exact) mass is 1130 g/mol. The summed E-state index contributed by atoms with van der Waals surface area (Å²) in [7, 11) is 0. The summed E-state index contributed by atoms with van der Waals surface area (Å²) >= 11 is 0. The van der Waals surface area contributed by atoms with Crippen molar-refractivity contribution in [2.75, 3.05) is 13.2 Å². The van der Waals surface area contributed by atoms with E-state index in [1.54, 1.807) is 0 Å². The number of unbranched alkanes of at least 4 members (excludes halogenated alkanes) is 39. The number of hydrogen-bond donors (Lipinski definition) is 0. The van der Waals surface area contributed by atoms with E-state index >= 15 is 0 Å². The zero-order valence-electron chi connectivity index (χ0n) is 53.8. The molecule has 0 aromatic carbocycles. The van der Waals surface area contributed by atoms with Crippen LogP contribution in [0.2, 0.25) is 0 Å². The van der Waals surface area contributed by atoms with E-state index in [0.29, 0.717) is 19.3 Å². The van der Waals surface area contributed by atoms with Crippen molar-refractivity contribution >= 4 is 17.9 Å². The minimum Gasteiger partial charge on any atom is -0.462 e. The van der Waals surface area contributed by atoms with Gasteiger partial charge in [0.15, 0.2) is 6.10 Å². The molecular weight excluding hydrogens is 997 g/mol. The van der Waals surface area contributed by atoms with E-state index in [2.05, 4.69) is 106 Å². The Bertz CT molecular complexity index is 1530. The maximum atomic E-state index is 12.9. The van der Waals surface area contributed by atoms with Crippen LogP contribution in [0, 0.1) is 0 Å². The Morgan fingerprint density at radius 3 is 0.778 bits per heavy atom. The first-order valence-electron chi connectivity index (χ1n) is 35.1. The Labute approximate surface area is 503 Å². The van der Waals surface area contributed by atoms with Crippen LogP contribution in [-0.4, -0.2) is 37.2 Å². The summed E-state index contributed by atoms with van der Waals surface area (Å²) in [5.41, 5.74) is 0. The molecule has 0 heterocycles. The number of hydrogen-bond acceptors (Lipinski definition) is 6. The van der Waals surface area contributed by atoms with E-state index in [9.17, 15) is 14.4 Å². The van der Waals surface area contributed by atoms with Gasteiger partial charge in [-0.3, -0.25) is 14.4 Å². The maximum Gasteiger partial charge on any atom is 0.306 e. The molecule has 468 valence electrons. The smallest absolute Gasteiger partial charge is 0.306 e. The molecular formula is C75H132O6. The van der Waals surface area contributed by atoms with Gasteiger partial charge in [0.25, 0.3) is 0 Å². The number of esters is 3. The van der Waals surface area contributed by atoms with Crippen molar-refractivity contribution in [3.8, 4) is 0 Å². The molecule has 0 fully saturated rings. The number of rotatable bonds is 64. The first kappa shape index (κ1) is 77.6. The fraction of sp³-hybridized carbons (Fsp3) is 0.773. The molecule has 6 heteroatoms. The van der Waals surface area contributed by atoms with E-state index in [1.807, 2.05) is 0 Å². The van der Waals surface area contributed by atoms with Gasteiger partial charge in [-0.1, -0.05) is 324 Å². The average Bonchev–Trinajstić information content (AvgIpc) is 3.47. The summed E-state index contributed by atoms with van der Waals surface area (Å²) < 4.78 is 17.0. The van der Waals surface area contributed by atoms with Crippen molar-refractivity contribution in [1.29, 1.82) is 0 Å².